The highest BCUT2D eigenvalue weighted by atomic mass is 16.4. The number of carboxylic acid groups (broad SMARTS) is 1. The molecule has 9 unspecified atom stereocenters. The minimum atomic E-state index is -0.496. The Morgan fingerprint density at radius 2 is 1.04 bits per heavy atom. The maximum absolute atomic E-state index is 11.8. The van der Waals surface area contributed by atoms with Crippen LogP contribution in [-0.4, -0.2) is 11.1 Å². The molecule has 0 amide bonds. The highest BCUT2D eigenvalue weighted by Crippen LogP contribution is 2.61. The van der Waals surface area contributed by atoms with Crippen molar-refractivity contribution in [1.82, 2.24) is 0 Å². The van der Waals surface area contributed by atoms with E-state index in [2.05, 4.69) is 0 Å². The second-order valence-corrected chi connectivity index (χ2v) is 10.3. The first-order valence-electron chi connectivity index (χ1n) is 11.5. The monoisotopic (exact) mass is 344 g/mol. The summed E-state index contributed by atoms with van der Waals surface area (Å²) in [6.07, 6.45) is 18.0. The van der Waals surface area contributed by atoms with E-state index in [4.69, 9.17) is 0 Å². The van der Waals surface area contributed by atoms with Crippen molar-refractivity contribution in [1.29, 1.82) is 0 Å². The standard InChI is InChI=1S/C23H36O2/c24-23(25)22-7-3-6-16-19-11-10-17-15-5-2-1-4-14(15)8-9-18(17)20(19)12-13-21(16)22/h14-22H,1-13H2,(H,24,25). The van der Waals surface area contributed by atoms with E-state index < -0.39 is 5.97 Å². The van der Waals surface area contributed by atoms with Gasteiger partial charge in [0.15, 0.2) is 0 Å². The average Bonchev–Trinajstić information content (AvgIpc) is 2.66. The van der Waals surface area contributed by atoms with Crippen LogP contribution in [0.1, 0.15) is 83.5 Å². The van der Waals surface area contributed by atoms with Crippen LogP contribution in [0.3, 0.4) is 0 Å². The molecular weight excluding hydrogens is 308 g/mol. The van der Waals surface area contributed by atoms with Gasteiger partial charge in [-0.1, -0.05) is 25.7 Å². The minimum absolute atomic E-state index is 0.0218. The van der Waals surface area contributed by atoms with E-state index in [-0.39, 0.29) is 5.92 Å². The van der Waals surface area contributed by atoms with Crippen LogP contribution in [0.15, 0.2) is 0 Å². The zero-order chi connectivity index (χ0) is 17.0. The molecule has 5 aliphatic rings. The molecule has 25 heavy (non-hydrogen) atoms. The molecule has 0 bridgehead atoms. The fourth-order valence-electron chi connectivity index (χ4n) is 8.87. The second kappa shape index (κ2) is 6.57. The zero-order valence-corrected chi connectivity index (χ0v) is 15.7. The molecular formula is C23H36O2. The Bertz CT molecular complexity index is 514. The molecule has 0 aromatic carbocycles. The molecule has 0 aromatic rings. The van der Waals surface area contributed by atoms with Crippen molar-refractivity contribution in [3.63, 3.8) is 0 Å². The maximum Gasteiger partial charge on any atom is 0.306 e. The van der Waals surface area contributed by atoms with Gasteiger partial charge in [-0.2, -0.15) is 0 Å². The van der Waals surface area contributed by atoms with Gasteiger partial charge in [-0.15, -0.1) is 0 Å². The van der Waals surface area contributed by atoms with Gasteiger partial charge in [-0.05, 0) is 105 Å². The topological polar surface area (TPSA) is 37.3 Å². The fourth-order valence-corrected chi connectivity index (χ4v) is 8.87. The number of aliphatic carboxylic acids is 1. The third-order valence-corrected chi connectivity index (χ3v) is 9.69. The zero-order valence-electron chi connectivity index (χ0n) is 15.7. The SMILES string of the molecule is O=C(O)C1CCCC2C1CCC1C3CCC4CCCCC4C3CCC21. The number of carboxylic acids is 1. The average molecular weight is 345 g/mol. The van der Waals surface area contributed by atoms with Crippen LogP contribution in [0.25, 0.3) is 0 Å². The van der Waals surface area contributed by atoms with E-state index in [1.54, 1.807) is 0 Å². The number of hydrogen-bond donors (Lipinski definition) is 1. The van der Waals surface area contributed by atoms with Crippen LogP contribution < -0.4 is 0 Å². The van der Waals surface area contributed by atoms with Crippen LogP contribution in [0, 0.1) is 53.3 Å². The van der Waals surface area contributed by atoms with Crippen molar-refractivity contribution in [3.8, 4) is 0 Å². The van der Waals surface area contributed by atoms with Gasteiger partial charge < -0.3 is 5.11 Å². The quantitative estimate of drug-likeness (QED) is 0.657. The first kappa shape index (κ1) is 16.6. The van der Waals surface area contributed by atoms with Crippen molar-refractivity contribution in [2.24, 2.45) is 53.3 Å². The lowest BCUT2D eigenvalue weighted by molar-refractivity contribution is -0.151. The van der Waals surface area contributed by atoms with Crippen LogP contribution >= 0.6 is 0 Å². The molecule has 0 aliphatic heterocycles. The lowest BCUT2D eigenvalue weighted by atomic mass is 9.47. The molecule has 5 saturated carbocycles. The van der Waals surface area contributed by atoms with Crippen LogP contribution in [0.2, 0.25) is 0 Å². The molecule has 9 atom stereocenters. The van der Waals surface area contributed by atoms with Crippen LogP contribution in [0.5, 0.6) is 0 Å². The largest absolute Gasteiger partial charge is 0.481 e. The third kappa shape index (κ3) is 2.69. The lowest BCUT2D eigenvalue weighted by Crippen LogP contribution is -2.51. The van der Waals surface area contributed by atoms with Gasteiger partial charge in [0.2, 0.25) is 0 Å². The summed E-state index contributed by atoms with van der Waals surface area (Å²) in [5.74, 6) is 6.74. The molecule has 2 heteroatoms. The Morgan fingerprint density at radius 3 is 1.76 bits per heavy atom. The van der Waals surface area contributed by atoms with Crippen molar-refractivity contribution < 1.29 is 9.90 Å². The van der Waals surface area contributed by atoms with E-state index >= 15 is 0 Å². The summed E-state index contributed by atoms with van der Waals surface area (Å²) in [7, 11) is 0. The number of carbonyl (C=O) groups is 1. The van der Waals surface area contributed by atoms with Crippen LogP contribution in [-0.2, 0) is 4.79 Å². The summed E-state index contributed by atoms with van der Waals surface area (Å²) in [5.41, 5.74) is 0. The first-order valence-corrected chi connectivity index (χ1v) is 11.5. The number of fused-ring (bicyclic) bond motifs is 7. The Labute approximate surface area is 153 Å². The number of hydrogen-bond acceptors (Lipinski definition) is 1. The van der Waals surface area contributed by atoms with E-state index in [0.29, 0.717) is 5.92 Å². The Morgan fingerprint density at radius 1 is 0.520 bits per heavy atom. The minimum Gasteiger partial charge on any atom is -0.481 e. The second-order valence-electron chi connectivity index (χ2n) is 10.3. The van der Waals surface area contributed by atoms with Crippen molar-refractivity contribution in [2.45, 2.75) is 83.5 Å². The van der Waals surface area contributed by atoms with Gasteiger partial charge in [-0.3, -0.25) is 4.79 Å². The smallest absolute Gasteiger partial charge is 0.306 e. The van der Waals surface area contributed by atoms with Gasteiger partial charge in [0.05, 0.1) is 5.92 Å². The highest BCUT2D eigenvalue weighted by Gasteiger charge is 2.53. The molecule has 0 aromatic heterocycles. The predicted molar refractivity (Wildman–Crippen MR) is 99.1 cm³/mol. The van der Waals surface area contributed by atoms with Crippen molar-refractivity contribution in [3.05, 3.63) is 0 Å². The highest BCUT2D eigenvalue weighted by molar-refractivity contribution is 5.70. The van der Waals surface area contributed by atoms with E-state index in [9.17, 15) is 9.90 Å². The Hall–Kier alpha value is -0.530. The summed E-state index contributed by atoms with van der Waals surface area (Å²) in [4.78, 5) is 11.8. The van der Waals surface area contributed by atoms with E-state index in [0.717, 1.165) is 47.8 Å². The van der Waals surface area contributed by atoms with Crippen molar-refractivity contribution >= 4 is 5.97 Å². The molecule has 140 valence electrons. The van der Waals surface area contributed by atoms with Gasteiger partial charge in [0.1, 0.15) is 0 Å². The van der Waals surface area contributed by atoms with E-state index in [1.807, 2.05) is 0 Å². The molecule has 0 spiro atoms. The van der Waals surface area contributed by atoms with Gasteiger partial charge in [-0.25, -0.2) is 0 Å². The first-order chi connectivity index (χ1) is 12.2. The maximum atomic E-state index is 11.8. The fraction of sp³-hybridized carbons (Fsp3) is 0.957. The van der Waals surface area contributed by atoms with Crippen LogP contribution in [0.4, 0.5) is 0 Å². The summed E-state index contributed by atoms with van der Waals surface area (Å²) in [6.45, 7) is 0. The summed E-state index contributed by atoms with van der Waals surface area (Å²) >= 11 is 0. The molecule has 5 aliphatic carbocycles. The van der Waals surface area contributed by atoms with Gasteiger partial charge in [0, 0.05) is 0 Å². The molecule has 5 rings (SSSR count). The number of rotatable bonds is 1. The predicted octanol–water partition coefficient (Wildman–Crippen LogP) is 5.76. The molecule has 0 radical (unpaired) electrons. The van der Waals surface area contributed by atoms with Crippen molar-refractivity contribution in [2.75, 3.05) is 0 Å². The third-order valence-electron chi connectivity index (χ3n) is 9.69. The van der Waals surface area contributed by atoms with Gasteiger partial charge in [0.25, 0.3) is 0 Å². The molecule has 1 N–H and O–H groups in total. The molecule has 2 nitrogen and oxygen atoms in total. The molecule has 0 saturated heterocycles. The Kier molecular flexibility index (Phi) is 4.37. The summed E-state index contributed by atoms with van der Waals surface area (Å²) in [5, 5.41) is 9.69. The summed E-state index contributed by atoms with van der Waals surface area (Å²) in [6, 6.07) is 0. The molecule has 5 fully saturated rings. The molecule has 0 heterocycles. The van der Waals surface area contributed by atoms with E-state index in [1.165, 1.54) is 77.0 Å². The summed E-state index contributed by atoms with van der Waals surface area (Å²) < 4.78 is 0. The normalized spacial score (nSPS) is 52.2. The Balaban J connectivity index is 1.35. The van der Waals surface area contributed by atoms with Gasteiger partial charge >= 0.3 is 5.97 Å². The lowest BCUT2D eigenvalue weighted by Gasteiger charge is -2.58.